The summed E-state index contributed by atoms with van der Waals surface area (Å²) in [7, 11) is 0. The zero-order chi connectivity index (χ0) is 14.3. The summed E-state index contributed by atoms with van der Waals surface area (Å²) >= 11 is 0. The SMILES string of the molecule is CC(C)c1nc2cc(N)ccc2n1CC(=O)NC1CC1. The summed E-state index contributed by atoms with van der Waals surface area (Å²) in [6, 6.07) is 6.03. The molecule has 1 aromatic heterocycles. The van der Waals surface area contributed by atoms with Crippen molar-refractivity contribution in [1.82, 2.24) is 14.9 Å². The number of nitrogen functional groups attached to an aromatic ring is 1. The Bertz CT molecular complexity index is 655. The average Bonchev–Trinajstić information content (AvgIpc) is 3.11. The van der Waals surface area contributed by atoms with E-state index in [1.807, 2.05) is 22.8 Å². The number of imidazole rings is 1. The van der Waals surface area contributed by atoms with Gasteiger partial charge in [-0.15, -0.1) is 0 Å². The van der Waals surface area contributed by atoms with Crippen LogP contribution in [0.1, 0.15) is 38.4 Å². The van der Waals surface area contributed by atoms with Crippen LogP contribution in [0.3, 0.4) is 0 Å². The van der Waals surface area contributed by atoms with Gasteiger partial charge in [0.2, 0.25) is 5.91 Å². The molecule has 0 spiro atoms. The van der Waals surface area contributed by atoms with E-state index < -0.39 is 0 Å². The lowest BCUT2D eigenvalue weighted by molar-refractivity contribution is -0.121. The summed E-state index contributed by atoms with van der Waals surface area (Å²) in [6.07, 6.45) is 2.20. The van der Waals surface area contributed by atoms with Crippen LogP contribution in [-0.2, 0) is 11.3 Å². The Morgan fingerprint density at radius 1 is 1.50 bits per heavy atom. The number of fused-ring (bicyclic) bond motifs is 1. The van der Waals surface area contributed by atoms with Crippen molar-refractivity contribution >= 4 is 22.6 Å². The second-order valence-electron chi connectivity index (χ2n) is 5.80. The van der Waals surface area contributed by atoms with Crippen LogP contribution in [0, 0.1) is 0 Å². The third kappa shape index (κ3) is 2.48. The Hall–Kier alpha value is -2.04. The Balaban J connectivity index is 1.97. The van der Waals surface area contributed by atoms with Crippen LogP contribution in [0.15, 0.2) is 18.2 Å². The van der Waals surface area contributed by atoms with Crippen molar-refractivity contribution in [2.75, 3.05) is 5.73 Å². The van der Waals surface area contributed by atoms with Gasteiger partial charge in [-0.25, -0.2) is 4.98 Å². The first-order chi connectivity index (χ1) is 9.54. The van der Waals surface area contributed by atoms with Crippen LogP contribution < -0.4 is 11.1 Å². The summed E-state index contributed by atoms with van der Waals surface area (Å²) in [4.78, 5) is 16.7. The van der Waals surface area contributed by atoms with Gasteiger partial charge in [-0.3, -0.25) is 4.79 Å². The second-order valence-corrected chi connectivity index (χ2v) is 5.80. The molecule has 3 rings (SSSR count). The van der Waals surface area contributed by atoms with E-state index in [9.17, 15) is 4.79 Å². The largest absolute Gasteiger partial charge is 0.399 e. The first kappa shape index (κ1) is 13.0. The van der Waals surface area contributed by atoms with E-state index in [1.165, 1.54) is 0 Å². The number of amides is 1. The highest BCUT2D eigenvalue weighted by Crippen LogP contribution is 2.24. The Labute approximate surface area is 118 Å². The molecule has 0 bridgehead atoms. The zero-order valence-electron chi connectivity index (χ0n) is 11.9. The van der Waals surface area contributed by atoms with Gasteiger partial charge < -0.3 is 15.6 Å². The molecule has 2 aromatic rings. The fourth-order valence-electron chi connectivity index (χ4n) is 2.42. The molecule has 0 radical (unpaired) electrons. The molecule has 5 nitrogen and oxygen atoms in total. The first-order valence-corrected chi connectivity index (χ1v) is 7.09. The molecule has 5 heteroatoms. The molecule has 1 saturated carbocycles. The van der Waals surface area contributed by atoms with Crippen LogP contribution in [0.5, 0.6) is 0 Å². The normalized spacial score (nSPS) is 14.9. The second kappa shape index (κ2) is 4.81. The van der Waals surface area contributed by atoms with Gasteiger partial charge in [0.05, 0.1) is 11.0 Å². The molecule has 0 unspecified atom stereocenters. The highest BCUT2D eigenvalue weighted by atomic mass is 16.2. The van der Waals surface area contributed by atoms with Crippen LogP contribution in [0.2, 0.25) is 0 Å². The molecule has 0 aliphatic heterocycles. The van der Waals surface area contributed by atoms with Gasteiger partial charge in [-0.1, -0.05) is 13.8 Å². The Kier molecular flexibility index (Phi) is 3.12. The van der Waals surface area contributed by atoms with E-state index >= 15 is 0 Å². The van der Waals surface area contributed by atoms with E-state index in [0.29, 0.717) is 18.3 Å². The maximum atomic E-state index is 12.1. The lowest BCUT2D eigenvalue weighted by atomic mass is 10.2. The number of nitrogens with two attached hydrogens (primary N) is 1. The minimum atomic E-state index is 0.0607. The molecule has 1 fully saturated rings. The van der Waals surface area contributed by atoms with Crippen molar-refractivity contribution in [2.24, 2.45) is 0 Å². The van der Waals surface area contributed by atoms with Crippen molar-refractivity contribution < 1.29 is 4.79 Å². The number of hydrogen-bond acceptors (Lipinski definition) is 3. The number of benzene rings is 1. The van der Waals surface area contributed by atoms with Gasteiger partial charge in [0.25, 0.3) is 0 Å². The van der Waals surface area contributed by atoms with Crippen LogP contribution in [0.4, 0.5) is 5.69 Å². The molecule has 1 aromatic carbocycles. The van der Waals surface area contributed by atoms with E-state index in [-0.39, 0.29) is 11.8 Å². The third-order valence-electron chi connectivity index (χ3n) is 3.56. The number of nitrogens with one attached hydrogen (secondary N) is 1. The van der Waals surface area contributed by atoms with Gasteiger partial charge in [0.15, 0.2) is 0 Å². The van der Waals surface area contributed by atoms with Crippen molar-refractivity contribution in [3.8, 4) is 0 Å². The van der Waals surface area contributed by atoms with Crippen molar-refractivity contribution in [2.45, 2.75) is 45.2 Å². The lowest BCUT2D eigenvalue weighted by Gasteiger charge is -2.11. The average molecular weight is 272 g/mol. The maximum absolute atomic E-state index is 12.1. The molecule has 106 valence electrons. The molecular weight excluding hydrogens is 252 g/mol. The summed E-state index contributed by atoms with van der Waals surface area (Å²) in [5.41, 5.74) is 8.32. The molecule has 1 amide bonds. The third-order valence-corrected chi connectivity index (χ3v) is 3.56. The maximum Gasteiger partial charge on any atom is 0.240 e. The highest BCUT2D eigenvalue weighted by molar-refractivity contribution is 5.83. The fraction of sp³-hybridized carbons (Fsp3) is 0.467. The first-order valence-electron chi connectivity index (χ1n) is 7.09. The van der Waals surface area contributed by atoms with E-state index in [4.69, 9.17) is 5.73 Å². The van der Waals surface area contributed by atoms with Gasteiger partial charge in [0, 0.05) is 17.6 Å². The van der Waals surface area contributed by atoms with Crippen molar-refractivity contribution in [1.29, 1.82) is 0 Å². The summed E-state index contributed by atoms with van der Waals surface area (Å²) < 4.78 is 2.00. The monoisotopic (exact) mass is 272 g/mol. The molecule has 0 atom stereocenters. The van der Waals surface area contributed by atoms with Crippen molar-refractivity contribution in [3.05, 3.63) is 24.0 Å². The van der Waals surface area contributed by atoms with Crippen LogP contribution in [-0.4, -0.2) is 21.5 Å². The number of aromatic nitrogens is 2. The van der Waals surface area contributed by atoms with Crippen LogP contribution >= 0.6 is 0 Å². The lowest BCUT2D eigenvalue weighted by Crippen LogP contribution is -2.30. The molecule has 20 heavy (non-hydrogen) atoms. The topological polar surface area (TPSA) is 72.9 Å². The standard InChI is InChI=1S/C15H20N4O/c1-9(2)15-18-12-7-10(16)3-6-13(12)19(15)8-14(20)17-11-4-5-11/h3,6-7,9,11H,4-5,8,16H2,1-2H3,(H,17,20). The van der Waals surface area contributed by atoms with E-state index in [0.717, 1.165) is 29.7 Å². The smallest absolute Gasteiger partial charge is 0.240 e. The number of carbonyl (C=O) groups is 1. The summed E-state index contributed by atoms with van der Waals surface area (Å²) in [6.45, 7) is 4.49. The molecule has 1 aliphatic rings. The zero-order valence-corrected chi connectivity index (χ0v) is 11.9. The molecular formula is C15H20N4O. The number of rotatable bonds is 4. The molecule has 1 aliphatic carbocycles. The summed E-state index contributed by atoms with van der Waals surface area (Å²) in [5, 5.41) is 3.02. The van der Waals surface area contributed by atoms with Crippen molar-refractivity contribution in [3.63, 3.8) is 0 Å². The molecule has 0 saturated heterocycles. The Morgan fingerprint density at radius 2 is 2.25 bits per heavy atom. The minimum absolute atomic E-state index is 0.0607. The number of nitrogens with zero attached hydrogens (tertiary/aromatic N) is 2. The number of anilines is 1. The number of carbonyl (C=O) groups excluding carboxylic acids is 1. The van der Waals surface area contributed by atoms with Gasteiger partial charge in [-0.05, 0) is 31.0 Å². The van der Waals surface area contributed by atoms with Gasteiger partial charge in [0.1, 0.15) is 12.4 Å². The minimum Gasteiger partial charge on any atom is -0.399 e. The Morgan fingerprint density at radius 3 is 2.90 bits per heavy atom. The molecule has 1 heterocycles. The fourth-order valence-corrected chi connectivity index (χ4v) is 2.42. The quantitative estimate of drug-likeness (QED) is 0.836. The predicted octanol–water partition coefficient (Wildman–Crippen LogP) is 2.02. The van der Waals surface area contributed by atoms with E-state index in [2.05, 4.69) is 24.1 Å². The molecule has 3 N–H and O–H groups in total. The van der Waals surface area contributed by atoms with Gasteiger partial charge in [-0.2, -0.15) is 0 Å². The van der Waals surface area contributed by atoms with E-state index in [1.54, 1.807) is 0 Å². The van der Waals surface area contributed by atoms with Gasteiger partial charge >= 0.3 is 0 Å². The predicted molar refractivity (Wildman–Crippen MR) is 79.4 cm³/mol. The highest BCUT2D eigenvalue weighted by Gasteiger charge is 2.24. The summed E-state index contributed by atoms with van der Waals surface area (Å²) in [5.74, 6) is 1.25. The number of hydrogen-bond donors (Lipinski definition) is 2. The van der Waals surface area contributed by atoms with Crippen LogP contribution in [0.25, 0.3) is 11.0 Å².